The number of fused-ring (bicyclic) bond motifs is 1. The summed E-state index contributed by atoms with van der Waals surface area (Å²) in [6.45, 7) is 1.68. The van der Waals surface area contributed by atoms with Crippen LogP contribution in [0.2, 0.25) is 0 Å². The monoisotopic (exact) mass is 224 g/mol. The lowest BCUT2D eigenvalue weighted by atomic mass is 10.1. The average Bonchev–Trinajstić information content (AvgIpc) is 2.42. The molecule has 5 nitrogen and oxygen atoms in total. The number of carbonyl (C=O) groups excluding carboxylic acids is 1. The second-order valence-corrected chi connectivity index (χ2v) is 4.33. The number of nitrogens with zero attached hydrogens (tertiary/aromatic N) is 1. The number of hydrogen-bond donors (Lipinski definition) is 2. The largest absolute Gasteiger partial charge is 0.477 e. The molecule has 0 aliphatic carbocycles. The quantitative estimate of drug-likeness (QED) is 0.728. The van der Waals surface area contributed by atoms with Gasteiger partial charge in [0.25, 0.3) is 5.91 Å². The summed E-state index contributed by atoms with van der Waals surface area (Å²) in [5.41, 5.74) is 6.81. The maximum absolute atomic E-state index is 11.1. The second kappa shape index (κ2) is 3.16. The lowest BCUT2D eigenvalue weighted by Gasteiger charge is -2.08. The number of carboxylic acid groups (broad SMARTS) is 1. The van der Waals surface area contributed by atoms with Crippen LogP contribution in [-0.4, -0.2) is 22.8 Å². The number of nitrogens with two attached hydrogens (primary N) is 1. The average molecular weight is 224 g/mol. The predicted molar refractivity (Wildman–Crippen MR) is 55.5 cm³/mol. The minimum absolute atomic E-state index is 0.127. The van der Waals surface area contributed by atoms with E-state index in [1.54, 1.807) is 6.92 Å². The second-order valence-electron chi connectivity index (χ2n) is 3.23. The lowest BCUT2D eigenvalue weighted by Crippen LogP contribution is -2.23. The van der Waals surface area contributed by atoms with Crippen LogP contribution in [0.1, 0.15) is 25.7 Å². The fourth-order valence-corrected chi connectivity index (χ4v) is 2.75. The Morgan fingerprint density at radius 2 is 2.27 bits per heavy atom. The molecule has 0 saturated carbocycles. The smallest absolute Gasteiger partial charge is 0.346 e. The summed E-state index contributed by atoms with van der Waals surface area (Å²) in [4.78, 5) is 26.5. The van der Waals surface area contributed by atoms with Gasteiger partial charge in [0.15, 0.2) is 0 Å². The molecule has 3 N–H and O–H groups in total. The molecule has 0 radical (unpaired) electrons. The molecule has 2 rings (SSSR count). The Bertz CT molecular complexity index is 502. The summed E-state index contributed by atoms with van der Waals surface area (Å²) < 4.78 is 0. The van der Waals surface area contributed by atoms with E-state index in [1.807, 2.05) is 0 Å². The third kappa shape index (κ3) is 1.42. The maximum Gasteiger partial charge on any atom is 0.346 e. The van der Waals surface area contributed by atoms with Crippen molar-refractivity contribution in [2.24, 2.45) is 10.7 Å². The van der Waals surface area contributed by atoms with Crippen LogP contribution in [0.15, 0.2) is 4.99 Å². The third-order valence-electron chi connectivity index (χ3n) is 2.23. The number of hydrogen-bond acceptors (Lipinski definition) is 4. The van der Waals surface area contributed by atoms with Gasteiger partial charge in [-0.2, -0.15) is 4.99 Å². The molecule has 1 aromatic heterocycles. The molecule has 0 bridgehead atoms. The minimum Gasteiger partial charge on any atom is -0.477 e. The van der Waals surface area contributed by atoms with Gasteiger partial charge >= 0.3 is 5.97 Å². The van der Waals surface area contributed by atoms with E-state index in [9.17, 15) is 9.59 Å². The van der Waals surface area contributed by atoms with Crippen LogP contribution in [-0.2, 0) is 11.2 Å². The number of amidine groups is 1. The Morgan fingerprint density at radius 3 is 2.87 bits per heavy atom. The van der Waals surface area contributed by atoms with Crippen molar-refractivity contribution in [2.45, 2.75) is 13.3 Å². The Morgan fingerprint density at radius 1 is 1.60 bits per heavy atom. The molecule has 78 valence electrons. The molecule has 1 aromatic rings. The van der Waals surface area contributed by atoms with Gasteiger partial charge in [0.2, 0.25) is 0 Å². The number of carbonyl (C=O) groups is 2. The number of amides is 1. The van der Waals surface area contributed by atoms with Crippen molar-refractivity contribution in [3.8, 4) is 0 Å². The van der Waals surface area contributed by atoms with Gasteiger partial charge in [-0.3, -0.25) is 4.79 Å². The van der Waals surface area contributed by atoms with Crippen LogP contribution in [0.3, 0.4) is 0 Å². The highest BCUT2D eigenvalue weighted by atomic mass is 32.1. The highest BCUT2D eigenvalue weighted by Gasteiger charge is 2.26. The van der Waals surface area contributed by atoms with Gasteiger partial charge in [0.1, 0.15) is 10.7 Å². The summed E-state index contributed by atoms with van der Waals surface area (Å²) in [6.07, 6.45) is 0.148. The van der Waals surface area contributed by atoms with E-state index >= 15 is 0 Å². The molecule has 6 heteroatoms. The first-order valence-corrected chi connectivity index (χ1v) is 5.05. The standard InChI is InChI=1S/C9H8N2O3S/c1-3-6-4(15-7(3)9(13)14)2-5(12)11-8(6)10/h2H2,1H3,(H,13,14)(H2,10,11,12). The Balaban J connectivity index is 2.65. The van der Waals surface area contributed by atoms with Crippen molar-refractivity contribution in [1.29, 1.82) is 0 Å². The minimum atomic E-state index is -0.993. The number of thiophene rings is 1. The van der Waals surface area contributed by atoms with Gasteiger partial charge < -0.3 is 10.8 Å². The normalized spacial score (nSPS) is 14.7. The van der Waals surface area contributed by atoms with Crippen molar-refractivity contribution in [2.75, 3.05) is 0 Å². The van der Waals surface area contributed by atoms with E-state index in [4.69, 9.17) is 10.8 Å². The molecule has 0 fully saturated rings. The molecule has 1 amide bonds. The van der Waals surface area contributed by atoms with E-state index in [-0.39, 0.29) is 23.0 Å². The van der Waals surface area contributed by atoms with E-state index in [0.717, 1.165) is 11.3 Å². The zero-order chi connectivity index (χ0) is 11.2. The summed E-state index contributed by atoms with van der Waals surface area (Å²) in [7, 11) is 0. The SMILES string of the molecule is Cc1c(C(=O)O)sc2c1C(N)=NC(=O)C2. The van der Waals surface area contributed by atoms with Crippen molar-refractivity contribution in [3.05, 3.63) is 20.9 Å². The van der Waals surface area contributed by atoms with Crippen molar-refractivity contribution in [3.63, 3.8) is 0 Å². The molecule has 0 saturated heterocycles. The van der Waals surface area contributed by atoms with Crippen LogP contribution < -0.4 is 5.73 Å². The van der Waals surface area contributed by atoms with Gasteiger partial charge in [-0.15, -0.1) is 11.3 Å². The highest BCUT2D eigenvalue weighted by Crippen LogP contribution is 2.30. The van der Waals surface area contributed by atoms with Gasteiger partial charge in [-0.25, -0.2) is 4.79 Å². The summed E-state index contributed by atoms with van der Waals surface area (Å²) >= 11 is 1.10. The first-order chi connectivity index (χ1) is 7.00. The third-order valence-corrected chi connectivity index (χ3v) is 3.51. The molecular formula is C9H8N2O3S. The van der Waals surface area contributed by atoms with E-state index in [1.165, 1.54) is 0 Å². The van der Waals surface area contributed by atoms with Gasteiger partial charge in [-0.1, -0.05) is 0 Å². The lowest BCUT2D eigenvalue weighted by molar-refractivity contribution is -0.117. The maximum atomic E-state index is 11.1. The summed E-state index contributed by atoms with van der Waals surface area (Å²) in [6, 6.07) is 0. The number of carboxylic acids is 1. The van der Waals surface area contributed by atoms with Gasteiger partial charge in [0, 0.05) is 10.4 Å². The molecule has 0 unspecified atom stereocenters. The van der Waals surface area contributed by atoms with Crippen LogP contribution >= 0.6 is 11.3 Å². The molecular weight excluding hydrogens is 216 g/mol. The Hall–Kier alpha value is -1.69. The molecule has 2 heterocycles. The highest BCUT2D eigenvalue weighted by molar-refractivity contribution is 7.14. The van der Waals surface area contributed by atoms with Crippen LogP contribution in [0.5, 0.6) is 0 Å². The van der Waals surface area contributed by atoms with E-state index in [0.29, 0.717) is 16.0 Å². The van der Waals surface area contributed by atoms with Crippen molar-refractivity contribution < 1.29 is 14.7 Å². The molecule has 0 atom stereocenters. The van der Waals surface area contributed by atoms with Gasteiger partial charge in [0.05, 0.1) is 6.42 Å². The first kappa shape index (κ1) is 9.85. The fraction of sp³-hybridized carbons (Fsp3) is 0.222. The number of rotatable bonds is 1. The van der Waals surface area contributed by atoms with E-state index < -0.39 is 5.97 Å². The Labute approximate surface area is 89.2 Å². The molecule has 0 aromatic carbocycles. The fourth-order valence-electron chi connectivity index (χ4n) is 1.60. The van der Waals surface area contributed by atoms with Crippen molar-refractivity contribution in [1.82, 2.24) is 0 Å². The topological polar surface area (TPSA) is 92.8 Å². The summed E-state index contributed by atoms with van der Waals surface area (Å²) in [5.74, 6) is -1.19. The van der Waals surface area contributed by atoms with E-state index in [2.05, 4.69) is 4.99 Å². The van der Waals surface area contributed by atoms with Crippen LogP contribution in [0.4, 0.5) is 0 Å². The first-order valence-electron chi connectivity index (χ1n) is 4.23. The number of aromatic carboxylic acids is 1. The molecule has 0 spiro atoms. The molecule has 1 aliphatic heterocycles. The van der Waals surface area contributed by atoms with Gasteiger partial charge in [-0.05, 0) is 12.5 Å². The van der Waals surface area contributed by atoms with Crippen LogP contribution in [0, 0.1) is 6.92 Å². The molecule has 1 aliphatic rings. The summed E-state index contributed by atoms with van der Waals surface area (Å²) in [5, 5.41) is 8.91. The zero-order valence-corrected chi connectivity index (χ0v) is 8.72. The Kier molecular flexibility index (Phi) is 2.08. The van der Waals surface area contributed by atoms with Crippen molar-refractivity contribution >= 4 is 29.0 Å². The van der Waals surface area contributed by atoms with Crippen LogP contribution in [0.25, 0.3) is 0 Å². The zero-order valence-electron chi connectivity index (χ0n) is 7.90. The number of aliphatic imine (C=N–C) groups is 1. The predicted octanol–water partition coefficient (Wildman–Crippen LogP) is 0.543. The molecule has 15 heavy (non-hydrogen) atoms.